The van der Waals surface area contributed by atoms with E-state index < -0.39 is 20.6 Å². The van der Waals surface area contributed by atoms with Crippen LogP contribution in [0.25, 0.3) is 21.8 Å². The van der Waals surface area contributed by atoms with Gasteiger partial charge in [0.05, 0.1) is 29.4 Å². The van der Waals surface area contributed by atoms with E-state index in [2.05, 4.69) is 4.57 Å². The average Bonchev–Trinajstić information content (AvgIpc) is 3.11. The van der Waals surface area contributed by atoms with Gasteiger partial charge in [-0.2, -0.15) is 0 Å². The van der Waals surface area contributed by atoms with E-state index in [1.54, 1.807) is 0 Å². The molecular formula is C24H31N3O6P2. The molecule has 0 fully saturated rings. The highest BCUT2D eigenvalue weighted by molar-refractivity contribution is 7.52. The molecular weight excluding hydrogens is 488 g/mol. The monoisotopic (exact) mass is 519 g/mol. The van der Waals surface area contributed by atoms with Crippen LogP contribution in [0.1, 0.15) is 30.0 Å². The Kier molecular flexibility index (Phi) is 6.56. The van der Waals surface area contributed by atoms with Crippen LogP contribution in [0, 0.1) is 19.3 Å². The molecule has 188 valence electrons. The molecule has 1 heterocycles. The van der Waals surface area contributed by atoms with Crippen LogP contribution in [0.2, 0.25) is 0 Å². The Hall–Kier alpha value is -2.38. The molecule has 4 rings (SSSR count). The fourth-order valence-electron chi connectivity index (χ4n) is 4.84. The predicted octanol–water partition coefficient (Wildman–Crippen LogP) is 4.36. The molecule has 0 amide bonds. The Bertz CT molecular complexity index is 1360. The summed E-state index contributed by atoms with van der Waals surface area (Å²) < 4.78 is 25.2. The maximum Gasteiger partial charge on any atom is 0.325 e. The summed E-state index contributed by atoms with van der Waals surface area (Å²) in [6, 6.07) is 7.66. The van der Waals surface area contributed by atoms with Crippen LogP contribution in [0.4, 0.5) is 11.4 Å². The van der Waals surface area contributed by atoms with E-state index in [0.717, 1.165) is 32.9 Å². The van der Waals surface area contributed by atoms with Crippen molar-refractivity contribution in [2.75, 3.05) is 23.8 Å². The van der Waals surface area contributed by atoms with E-state index in [-0.39, 0.29) is 31.2 Å². The van der Waals surface area contributed by atoms with Crippen molar-refractivity contribution in [1.29, 1.82) is 0 Å². The molecule has 0 atom stereocenters. The van der Waals surface area contributed by atoms with Crippen LogP contribution in [0.5, 0.6) is 0 Å². The van der Waals surface area contributed by atoms with Gasteiger partial charge in [0, 0.05) is 27.6 Å². The second kappa shape index (κ2) is 8.93. The van der Waals surface area contributed by atoms with Gasteiger partial charge in [-0.15, -0.1) is 0 Å². The van der Waals surface area contributed by atoms with Crippen LogP contribution >= 0.6 is 15.2 Å². The molecule has 11 heteroatoms. The molecule has 35 heavy (non-hydrogen) atoms. The minimum Gasteiger partial charge on any atom is -0.398 e. The zero-order chi connectivity index (χ0) is 25.8. The topological polar surface area (TPSA) is 172 Å². The number of benzene rings is 2. The maximum atomic E-state index is 11.5. The lowest BCUT2D eigenvalue weighted by Gasteiger charge is -2.32. The summed E-state index contributed by atoms with van der Waals surface area (Å²) in [5, 5.41) is 1.76. The van der Waals surface area contributed by atoms with Gasteiger partial charge in [-0.25, -0.2) is 0 Å². The predicted molar refractivity (Wildman–Crippen MR) is 141 cm³/mol. The number of nitrogens with zero attached hydrogens (tertiary/aromatic N) is 1. The summed E-state index contributed by atoms with van der Waals surface area (Å²) in [4.78, 5) is 37.6. The molecule has 0 saturated carbocycles. The number of nitrogens with two attached hydrogens (primary N) is 2. The van der Waals surface area contributed by atoms with Gasteiger partial charge >= 0.3 is 15.2 Å². The van der Waals surface area contributed by atoms with E-state index >= 15 is 0 Å². The van der Waals surface area contributed by atoms with E-state index in [1.165, 1.54) is 0 Å². The zero-order valence-corrected chi connectivity index (χ0v) is 21.4. The number of anilines is 2. The quantitative estimate of drug-likeness (QED) is 0.152. The number of hydrogen-bond acceptors (Lipinski definition) is 4. The van der Waals surface area contributed by atoms with Crippen LogP contribution < -0.4 is 11.5 Å². The molecule has 0 unspecified atom stereocenters. The van der Waals surface area contributed by atoms with Crippen molar-refractivity contribution in [3.05, 3.63) is 59.7 Å². The van der Waals surface area contributed by atoms with Gasteiger partial charge in [0.2, 0.25) is 0 Å². The SMILES string of the molecule is Cc1ccc2c(c1N)c1c(N)c(C)ccc1n2C1C=CC(CCP(=O)(O)O)(CCP(=O)(O)O)C=C1. The van der Waals surface area contributed by atoms with Crippen molar-refractivity contribution in [2.45, 2.75) is 32.7 Å². The summed E-state index contributed by atoms with van der Waals surface area (Å²) in [5.74, 6) is 0. The minimum absolute atomic E-state index is 0.0719. The number of fused-ring (bicyclic) bond motifs is 3. The van der Waals surface area contributed by atoms with Crippen LogP contribution in [-0.4, -0.2) is 36.5 Å². The Labute approximate surface area is 203 Å². The Morgan fingerprint density at radius 1 is 0.800 bits per heavy atom. The maximum absolute atomic E-state index is 11.5. The molecule has 0 bridgehead atoms. The van der Waals surface area contributed by atoms with Gasteiger partial charge in [-0.05, 0) is 49.9 Å². The third kappa shape index (κ3) is 5.12. The normalized spacial score (nSPS) is 16.5. The van der Waals surface area contributed by atoms with Crippen molar-refractivity contribution in [3.63, 3.8) is 0 Å². The van der Waals surface area contributed by atoms with E-state index in [1.807, 2.05) is 62.4 Å². The van der Waals surface area contributed by atoms with Crippen molar-refractivity contribution in [1.82, 2.24) is 4.57 Å². The molecule has 0 aliphatic heterocycles. The molecule has 1 aliphatic carbocycles. The van der Waals surface area contributed by atoms with Crippen molar-refractivity contribution < 1.29 is 28.7 Å². The lowest BCUT2D eigenvalue weighted by Crippen LogP contribution is -2.23. The number of aryl methyl sites for hydroxylation is 2. The number of rotatable bonds is 7. The molecule has 0 radical (unpaired) electrons. The first-order valence-corrected chi connectivity index (χ1v) is 14.9. The van der Waals surface area contributed by atoms with Crippen molar-refractivity contribution >= 4 is 48.4 Å². The van der Waals surface area contributed by atoms with Crippen molar-refractivity contribution in [3.8, 4) is 0 Å². The van der Waals surface area contributed by atoms with Crippen molar-refractivity contribution in [2.24, 2.45) is 5.41 Å². The van der Waals surface area contributed by atoms with Crippen LogP contribution in [0.3, 0.4) is 0 Å². The number of hydrogen-bond donors (Lipinski definition) is 6. The second-order valence-corrected chi connectivity index (χ2v) is 13.0. The zero-order valence-electron chi connectivity index (χ0n) is 19.6. The smallest absolute Gasteiger partial charge is 0.325 e. The largest absolute Gasteiger partial charge is 0.398 e. The first kappa shape index (κ1) is 25.7. The summed E-state index contributed by atoms with van der Waals surface area (Å²) in [6.07, 6.45) is 6.83. The molecule has 9 nitrogen and oxygen atoms in total. The first-order valence-electron chi connectivity index (χ1n) is 11.3. The standard InChI is InChI=1S/C24H31N3O6P2/c1-15-3-5-18-20(22(15)25)21-19(6-4-16(2)23(21)26)27(18)17-7-9-24(10-8-17,11-13-34(28,29)30)12-14-35(31,32)33/h3-10,17H,11-14,25-26H2,1-2H3,(H2,28,29,30)(H2,31,32,33). The summed E-state index contributed by atoms with van der Waals surface area (Å²) in [6.45, 7) is 3.89. The fourth-order valence-corrected chi connectivity index (χ4v) is 6.26. The number of allylic oxidation sites excluding steroid dienone is 4. The van der Waals surface area contributed by atoms with E-state index in [9.17, 15) is 28.7 Å². The number of aromatic nitrogens is 1. The van der Waals surface area contributed by atoms with Gasteiger partial charge in [0.1, 0.15) is 0 Å². The highest BCUT2D eigenvalue weighted by Gasteiger charge is 2.33. The third-order valence-electron chi connectivity index (χ3n) is 6.94. The molecule has 0 saturated heterocycles. The Morgan fingerprint density at radius 3 is 1.57 bits per heavy atom. The molecule has 2 aromatic carbocycles. The molecule has 3 aromatic rings. The molecule has 8 N–H and O–H groups in total. The highest BCUT2D eigenvalue weighted by Crippen LogP contribution is 2.48. The summed E-state index contributed by atoms with van der Waals surface area (Å²) >= 11 is 0. The van der Waals surface area contributed by atoms with Gasteiger partial charge in [-0.1, -0.05) is 36.4 Å². The number of nitrogen functional groups attached to an aromatic ring is 2. The van der Waals surface area contributed by atoms with Gasteiger partial charge in [0.25, 0.3) is 0 Å². The minimum atomic E-state index is -4.28. The summed E-state index contributed by atoms with van der Waals surface area (Å²) in [7, 11) is -8.57. The Balaban J connectivity index is 1.82. The van der Waals surface area contributed by atoms with Crippen LogP contribution in [-0.2, 0) is 9.13 Å². The Morgan fingerprint density at radius 2 is 1.20 bits per heavy atom. The van der Waals surface area contributed by atoms with Gasteiger partial charge < -0.3 is 35.6 Å². The fraction of sp³-hybridized carbons (Fsp3) is 0.333. The molecule has 0 spiro atoms. The van der Waals surface area contributed by atoms with Gasteiger partial charge in [-0.3, -0.25) is 9.13 Å². The highest BCUT2D eigenvalue weighted by atomic mass is 31.2. The van der Waals surface area contributed by atoms with Crippen LogP contribution in [0.15, 0.2) is 48.6 Å². The lowest BCUT2D eigenvalue weighted by molar-refractivity contribution is 0.347. The summed E-state index contributed by atoms with van der Waals surface area (Å²) in [5.41, 5.74) is 17.1. The lowest BCUT2D eigenvalue weighted by atomic mass is 9.78. The third-order valence-corrected chi connectivity index (χ3v) is 8.55. The average molecular weight is 519 g/mol. The van der Waals surface area contributed by atoms with Gasteiger partial charge in [0.15, 0.2) is 0 Å². The van der Waals surface area contributed by atoms with E-state index in [0.29, 0.717) is 11.4 Å². The second-order valence-electron chi connectivity index (χ2n) is 9.47. The van der Waals surface area contributed by atoms with E-state index in [4.69, 9.17) is 11.5 Å². The molecule has 1 aromatic heterocycles. The molecule has 1 aliphatic rings. The first-order chi connectivity index (χ1) is 16.2.